The number of ketones is 1. The fourth-order valence-electron chi connectivity index (χ4n) is 4.68. The summed E-state index contributed by atoms with van der Waals surface area (Å²) >= 11 is 0. The minimum Gasteiger partial charge on any atom is -0.375 e. The van der Waals surface area contributed by atoms with Crippen LogP contribution in [-0.4, -0.2) is 16.8 Å². The minimum atomic E-state index is -1.92. The van der Waals surface area contributed by atoms with Crippen LogP contribution in [0.3, 0.4) is 0 Å². The summed E-state index contributed by atoms with van der Waals surface area (Å²) in [5.74, 6) is -1.66. The average molecular weight is 421 g/mol. The van der Waals surface area contributed by atoms with E-state index in [1.54, 1.807) is 48.2 Å². The Morgan fingerprint density at radius 2 is 1.53 bits per heavy atom. The second-order valence-corrected chi connectivity index (χ2v) is 8.27. The van der Waals surface area contributed by atoms with E-state index in [1.807, 2.05) is 60.7 Å². The summed E-state index contributed by atoms with van der Waals surface area (Å²) in [5.41, 5.74) is 0.653. The SMILES string of the molecule is C[C@@H](C(=O)c1ccccc1)[C@@]1(O)C(=O)N(Cc2cccc3ccccc23)c2ccccc21. The van der Waals surface area contributed by atoms with Gasteiger partial charge in [0.25, 0.3) is 5.91 Å². The molecule has 0 radical (unpaired) electrons. The molecule has 0 saturated heterocycles. The van der Waals surface area contributed by atoms with Crippen molar-refractivity contribution in [3.8, 4) is 0 Å². The van der Waals surface area contributed by atoms with Crippen LogP contribution in [-0.2, 0) is 16.9 Å². The molecule has 1 N–H and O–H groups in total. The number of anilines is 1. The smallest absolute Gasteiger partial charge is 0.264 e. The van der Waals surface area contributed by atoms with Crippen molar-refractivity contribution in [2.75, 3.05) is 4.90 Å². The molecule has 32 heavy (non-hydrogen) atoms. The maximum absolute atomic E-state index is 13.7. The van der Waals surface area contributed by atoms with Gasteiger partial charge in [-0.1, -0.05) is 97.9 Å². The minimum absolute atomic E-state index is 0.261. The largest absolute Gasteiger partial charge is 0.375 e. The second-order valence-electron chi connectivity index (χ2n) is 8.27. The number of rotatable bonds is 5. The van der Waals surface area contributed by atoms with Gasteiger partial charge < -0.3 is 10.0 Å². The summed E-state index contributed by atoms with van der Waals surface area (Å²) < 4.78 is 0. The molecular formula is C28H23NO3. The van der Waals surface area contributed by atoms with Gasteiger partial charge in [0, 0.05) is 11.1 Å². The Bertz CT molecular complexity index is 1330. The van der Waals surface area contributed by atoms with Crippen molar-refractivity contribution >= 4 is 28.2 Å². The Labute approximate surface area is 186 Å². The van der Waals surface area contributed by atoms with Crippen molar-refractivity contribution in [1.82, 2.24) is 0 Å². The summed E-state index contributed by atoms with van der Waals surface area (Å²) in [6.07, 6.45) is 0. The van der Waals surface area contributed by atoms with Crippen LogP contribution in [0.2, 0.25) is 0 Å². The van der Waals surface area contributed by atoms with Crippen LogP contribution in [0.25, 0.3) is 10.8 Å². The average Bonchev–Trinajstić information content (AvgIpc) is 3.06. The van der Waals surface area contributed by atoms with Gasteiger partial charge in [0.05, 0.1) is 18.2 Å². The first-order valence-corrected chi connectivity index (χ1v) is 10.7. The number of carbonyl (C=O) groups is 2. The van der Waals surface area contributed by atoms with Gasteiger partial charge in [0.2, 0.25) is 0 Å². The lowest BCUT2D eigenvalue weighted by molar-refractivity contribution is -0.139. The zero-order chi connectivity index (χ0) is 22.3. The molecule has 1 heterocycles. The van der Waals surface area contributed by atoms with Crippen molar-refractivity contribution in [2.45, 2.75) is 19.1 Å². The van der Waals surface area contributed by atoms with E-state index in [4.69, 9.17) is 0 Å². The standard InChI is InChI=1S/C28H23NO3/c1-19(26(30)21-11-3-2-4-12-21)28(32)24-16-7-8-17-25(24)29(27(28)31)18-22-14-9-13-20-10-5-6-15-23(20)22/h2-17,19,32H,18H2,1H3/t19-,28-/m0/s1. The molecule has 0 aliphatic carbocycles. The van der Waals surface area contributed by atoms with Crippen LogP contribution in [0.15, 0.2) is 97.1 Å². The van der Waals surface area contributed by atoms with Gasteiger partial charge in [-0.15, -0.1) is 0 Å². The molecule has 1 aliphatic rings. The molecule has 0 bridgehead atoms. The molecule has 0 unspecified atom stereocenters. The number of Topliss-reactive ketones (excluding diaryl/α,β-unsaturated/α-hetero) is 1. The van der Waals surface area contributed by atoms with Gasteiger partial charge in [0.1, 0.15) is 0 Å². The zero-order valence-corrected chi connectivity index (χ0v) is 17.7. The monoisotopic (exact) mass is 421 g/mol. The maximum Gasteiger partial charge on any atom is 0.264 e. The number of para-hydroxylation sites is 1. The summed E-state index contributed by atoms with van der Waals surface area (Å²) in [7, 11) is 0. The third kappa shape index (κ3) is 3.03. The molecule has 1 amide bonds. The summed E-state index contributed by atoms with van der Waals surface area (Å²) in [6, 6.07) is 30.0. The number of hydrogen-bond acceptors (Lipinski definition) is 3. The van der Waals surface area contributed by atoms with E-state index >= 15 is 0 Å². The highest BCUT2D eigenvalue weighted by Gasteiger charge is 2.55. The van der Waals surface area contributed by atoms with E-state index < -0.39 is 17.4 Å². The number of aliphatic hydroxyl groups is 1. The van der Waals surface area contributed by atoms with E-state index in [0.29, 0.717) is 23.4 Å². The number of hydrogen-bond donors (Lipinski definition) is 1. The van der Waals surface area contributed by atoms with Crippen LogP contribution in [0.4, 0.5) is 5.69 Å². The lowest BCUT2D eigenvalue weighted by atomic mass is 9.79. The van der Waals surface area contributed by atoms with Crippen molar-refractivity contribution in [2.24, 2.45) is 5.92 Å². The molecule has 4 aromatic carbocycles. The molecule has 0 fully saturated rings. The summed E-state index contributed by atoms with van der Waals surface area (Å²) in [4.78, 5) is 28.5. The predicted octanol–water partition coefficient (Wildman–Crippen LogP) is 5.09. The van der Waals surface area contributed by atoms with Crippen LogP contribution in [0.1, 0.15) is 28.4 Å². The lowest BCUT2D eigenvalue weighted by Crippen LogP contribution is -2.47. The topological polar surface area (TPSA) is 57.6 Å². The fraction of sp³-hybridized carbons (Fsp3) is 0.143. The van der Waals surface area contributed by atoms with Crippen LogP contribution in [0, 0.1) is 5.92 Å². The maximum atomic E-state index is 13.7. The first-order valence-electron chi connectivity index (χ1n) is 10.7. The molecule has 0 spiro atoms. The van der Waals surface area contributed by atoms with E-state index in [2.05, 4.69) is 0 Å². The lowest BCUT2D eigenvalue weighted by Gasteiger charge is -2.28. The van der Waals surface area contributed by atoms with Crippen LogP contribution < -0.4 is 4.90 Å². The number of amides is 1. The summed E-state index contributed by atoms with van der Waals surface area (Å²) in [6.45, 7) is 1.94. The number of nitrogens with zero attached hydrogens (tertiary/aromatic N) is 1. The molecule has 4 aromatic rings. The fourth-order valence-corrected chi connectivity index (χ4v) is 4.68. The molecule has 158 valence electrons. The first kappa shape index (κ1) is 20.2. The van der Waals surface area contributed by atoms with E-state index in [-0.39, 0.29) is 5.78 Å². The van der Waals surface area contributed by atoms with Gasteiger partial charge in [-0.2, -0.15) is 0 Å². The Morgan fingerprint density at radius 3 is 2.34 bits per heavy atom. The third-order valence-corrected chi connectivity index (χ3v) is 6.46. The zero-order valence-electron chi connectivity index (χ0n) is 17.7. The van der Waals surface area contributed by atoms with Crippen LogP contribution in [0.5, 0.6) is 0 Å². The van der Waals surface area contributed by atoms with Gasteiger partial charge in [-0.3, -0.25) is 9.59 Å². The molecular weight excluding hydrogens is 398 g/mol. The molecule has 1 aliphatic heterocycles. The van der Waals surface area contributed by atoms with Gasteiger partial charge >= 0.3 is 0 Å². The van der Waals surface area contributed by atoms with Crippen molar-refractivity contribution in [3.63, 3.8) is 0 Å². The predicted molar refractivity (Wildman–Crippen MR) is 125 cm³/mol. The van der Waals surface area contributed by atoms with Gasteiger partial charge in [0.15, 0.2) is 11.4 Å². The summed E-state index contributed by atoms with van der Waals surface area (Å²) in [5, 5.41) is 13.9. The van der Waals surface area contributed by atoms with E-state index in [9.17, 15) is 14.7 Å². The van der Waals surface area contributed by atoms with E-state index in [1.165, 1.54) is 0 Å². The molecule has 0 saturated carbocycles. The van der Waals surface area contributed by atoms with Crippen molar-refractivity contribution in [3.05, 3.63) is 114 Å². The third-order valence-electron chi connectivity index (χ3n) is 6.46. The quantitative estimate of drug-likeness (QED) is 0.457. The normalized spacial score (nSPS) is 18.6. The molecule has 2 atom stereocenters. The highest BCUT2D eigenvalue weighted by molar-refractivity contribution is 6.11. The second kappa shape index (κ2) is 7.74. The Balaban J connectivity index is 1.57. The van der Waals surface area contributed by atoms with Crippen molar-refractivity contribution in [1.29, 1.82) is 0 Å². The van der Waals surface area contributed by atoms with Crippen LogP contribution >= 0.6 is 0 Å². The van der Waals surface area contributed by atoms with Gasteiger partial charge in [-0.05, 0) is 22.4 Å². The number of carbonyl (C=O) groups excluding carboxylic acids is 2. The van der Waals surface area contributed by atoms with Crippen molar-refractivity contribution < 1.29 is 14.7 Å². The van der Waals surface area contributed by atoms with Gasteiger partial charge in [-0.25, -0.2) is 0 Å². The first-order chi connectivity index (χ1) is 15.5. The Morgan fingerprint density at radius 1 is 0.875 bits per heavy atom. The number of fused-ring (bicyclic) bond motifs is 2. The van der Waals surface area contributed by atoms with E-state index in [0.717, 1.165) is 16.3 Å². The highest BCUT2D eigenvalue weighted by atomic mass is 16.3. The molecule has 4 heteroatoms. The molecule has 5 rings (SSSR count). The molecule has 0 aromatic heterocycles. The highest BCUT2D eigenvalue weighted by Crippen LogP contribution is 2.46. The Hall–Kier alpha value is -3.76. The number of benzene rings is 4. The Kier molecular flexibility index (Phi) is 4.87. The molecule has 4 nitrogen and oxygen atoms in total.